The number of hydrogen-bond acceptors (Lipinski definition) is 8. The van der Waals surface area contributed by atoms with Gasteiger partial charge in [-0.2, -0.15) is 0 Å². The third kappa shape index (κ3) is 8.93. The number of fused-ring (bicyclic) bond motifs is 1. The topological polar surface area (TPSA) is 112 Å². The fourth-order valence-corrected chi connectivity index (χ4v) is 7.27. The molecule has 0 atom stereocenters. The molecule has 0 saturated heterocycles. The minimum Gasteiger partial charge on any atom is -0.480 e. The maximum absolute atomic E-state index is 13.4. The van der Waals surface area contributed by atoms with Crippen LogP contribution in [0.25, 0.3) is 10.2 Å². The van der Waals surface area contributed by atoms with E-state index in [0.717, 1.165) is 39.2 Å². The molecular weight excluding hydrogens is 644 g/mol. The summed E-state index contributed by atoms with van der Waals surface area (Å²) in [4.78, 5) is 30.3. The summed E-state index contributed by atoms with van der Waals surface area (Å²) in [5, 5.41) is 4.43. The third-order valence-corrected chi connectivity index (χ3v) is 10.3. The Labute approximate surface area is 277 Å². The van der Waals surface area contributed by atoms with Gasteiger partial charge in [0.25, 0.3) is 5.91 Å². The molecule has 238 valence electrons. The van der Waals surface area contributed by atoms with Gasteiger partial charge in [0, 0.05) is 17.0 Å². The van der Waals surface area contributed by atoms with E-state index in [1.807, 2.05) is 36.4 Å². The lowest BCUT2D eigenvalue weighted by Crippen LogP contribution is -2.17. The van der Waals surface area contributed by atoms with E-state index in [1.165, 1.54) is 12.1 Å². The summed E-state index contributed by atoms with van der Waals surface area (Å²) in [5.74, 6) is -0.630. The normalized spacial score (nSPS) is 11.3. The van der Waals surface area contributed by atoms with Crippen LogP contribution in [0.4, 0.5) is 5.69 Å². The zero-order valence-electron chi connectivity index (χ0n) is 25.2. The molecule has 11 heteroatoms. The van der Waals surface area contributed by atoms with Crippen molar-refractivity contribution >= 4 is 60.6 Å². The lowest BCUT2D eigenvalue weighted by molar-refractivity contribution is -0.145. The van der Waals surface area contributed by atoms with E-state index in [9.17, 15) is 18.0 Å². The molecule has 0 aliphatic rings. The number of ether oxygens (including phenoxy) is 2. The van der Waals surface area contributed by atoms with E-state index in [1.54, 1.807) is 54.7 Å². The lowest BCUT2D eigenvalue weighted by atomic mass is 10.1. The lowest BCUT2D eigenvalue weighted by Gasteiger charge is -2.14. The monoisotopic (exact) mass is 676 g/mol. The van der Waals surface area contributed by atoms with Gasteiger partial charge in [-0.3, -0.25) is 4.79 Å². The molecule has 5 aromatic rings. The Morgan fingerprint density at radius 1 is 0.891 bits per heavy atom. The molecule has 46 heavy (non-hydrogen) atoms. The highest BCUT2D eigenvalue weighted by atomic mass is 35.5. The molecule has 4 aromatic carbocycles. The number of para-hydroxylation sites is 1. The Bertz CT molecular complexity index is 1910. The summed E-state index contributed by atoms with van der Waals surface area (Å²) in [5.41, 5.74) is 3.63. The summed E-state index contributed by atoms with van der Waals surface area (Å²) >= 11 is 7.57. The van der Waals surface area contributed by atoms with Crippen molar-refractivity contribution in [2.75, 3.05) is 24.3 Å². The summed E-state index contributed by atoms with van der Waals surface area (Å²) in [6.45, 7) is 1.61. The Kier molecular flexibility index (Phi) is 11.1. The molecule has 1 N–H and O–H groups in total. The number of aromatic nitrogens is 1. The molecule has 1 amide bonds. The van der Waals surface area contributed by atoms with Crippen LogP contribution in [0.15, 0.2) is 95.9 Å². The first-order valence-electron chi connectivity index (χ1n) is 14.8. The second-order valence-electron chi connectivity index (χ2n) is 10.5. The maximum atomic E-state index is 13.4. The smallest absolute Gasteiger partial charge is 0.344 e. The van der Waals surface area contributed by atoms with Crippen molar-refractivity contribution in [3.05, 3.63) is 118 Å². The molecule has 0 fully saturated rings. The van der Waals surface area contributed by atoms with Crippen LogP contribution in [0.5, 0.6) is 5.75 Å². The first kappa shape index (κ1) is 33.1. The van der Waals surface area contributed by atoms with Crippen LogP contribution in [-0.2, 0) is 38.6 Å². The fourth-order valence-electron chi connectivity index (χ4n) is 4.86. The van der Waals surface area contributed by atoms with Gasteiger partial charge in [0.1, 0.15) is 5.75 Å². The first-order chi connectivity index (χ1) is 22.2. The van der Waals surface area contributed by atoms with E-state index >= 15 is 0 Å². The summed E-state index contributed by atoms with van der Waals surface area (Å²) in [6.07, 6.45) is 2.28. The Balaban J connectivity index is 1.27. The summed E-state index contributed by atoms with van der Waals surface area (Å²) in [6, 6.07) is 26.7. The zero-order chi connectivity index (χ0) is 32.5. The second kappa shape index (κ2) is 15.4. The number of hydrogen-bond donors (Lipinski definition) is 1. The van der Waals surface area contributed by atoms with E-state index in [4.69, 9.17) is 26.1 Å². The Morgan fingerprint density at radius 3 is 2.46 bits per heavy atom. The van der Waals surface area contributed by atoms with Crippen LogP contribution in [0.1, 0.15) is 39.8 Å². The number of sulfone groups is 1. The highest BCUT2D eigenvalue weighted by molar-refractivity contribution is 7.91. The number of nitrogens with one attached hydrogen (secondary N) is 1. The predicted molar refractivity (Wildman–Crippen MR) is 182 cm³/mol. The van der Waals surface area contributed by atoms with Gasteiger partial charge >= 0.3 is 5.97 Å². The highest BCUT2D eigenvalue weighted by Crippen LogP contribution is 2.28. The number of nitrogens with zero attached hydrogens (tertiary/aromatic N) is 1. The average Bonchev–Trinajstić information content (AvgIpc) is 3.47. The number of aryl methyl sites for hydroxylation is 3. The Morgan fingerprint density at radius 2 is 1.67 bits per heavy atom. The molecule has 1 aromatic heterocycles. The highest BCUT2D eigenvalue weighted by Gasteiger charge is 2.16. The van der Waals surface area contributed by atoms with Crippen molar-refractivity contribution < 1.29 is 27.5 Å². The van der Waals surface area contributed by atoms with Crippen LogP contribution in [0, 0.1) is 0 Å². The van der Waals surface area contributed by atoms with Gasteiger partial charge in [-0.1, -0.05) is 41.9 Å². The molecule has 0 bridgehead atoms. The molecule has 0 saturated carbocycles. The maximum Gasteiger partial charge on any atom is 0.344 e. The number of amides is 1. The molecule has 0 spiro atoms. The predicted octanol–water partition coefficient (Wildman–Crippen LogP) is 7.34. The van der Waals surface area contributed by atoms with Gasteiger partial charge in [-0.25, -0.2) is 18.2 Å². The fraction of sp³-hybridized carbons (Fsp3) is 0.229. The number of carbonyl (C=O) groups excluding carboxylic acids is 2. The van der Waals surface area contributed by atoms with Gasteiger partial charge in [0.05, 0.1) is 38.2 Å². The zero-order valence-corrected chi connectivity index (χ0v) is 27.6. The number of halogens is 1. The minimum absolute atomic E-state index is 0.0543. The van der Waals surface area contributed by atoms with Crippen LogP contribution >= 0.6 is 22.9 Å². The van der Waals surface area contributed by atoms with Crippen LogP contribution in [-0.4, -0.2) is 44.2 Å². The van der Waals surface area contributed by atoms with E-state index in [-0.39, 0.29) is 29.8 Å². The van der Waals surface area contributed by atoms with Crippen molar-refractivity contribution in [2.24, 2.45) is 0 Å². The van der Waals surface area contributed by atoms with Crippen molar-refractivity contribution in [1.82, 2.24) is 4.98 Å². The van der Waals surface area contributed by atoms with Crippen LogP contribution in [0.3, 0.4) is 0 Å². The standard InChI is InChI=1S/C35H33ClN2O6S2/c1-2-43-34(39)23-44-31-18-12-25(8-6-20-46(41,42)28-16-14-27(36)15-17-28)22-30(31)38-35(40)26-9-5-7-24(21-26)13-19-33-37-29-10-3-4-11-32(29)45-33/h3-5,7,9-12,14-18,21-22H,2,6,8,13,19-20,23H2,1H3,(H,38,40). The molecule has 8 nitrogen and oxygen atoms in total. The number of benzene rings is 4. The molecule has 1 heterocycles. The van der Waals surface area contributed by atoms with E-state index < -0.39 is 15.8 Å². The van der Waals surface area contributed by atoms with Crippen molar-refractivity contribution in [1.29, 1.82) is 0 Å². The largest absolute Gasteiger partial charge is 0.480 e. The number of carbonyl (C=O) groups is 2. The number of thiazole rings is 1. The second-order valence-corrected chi connectivity index (χ2v) is 14.2. The van der Waals surface area contributed by atoms with Gasteiger partial charge in [-0.05, 0) is 98.0 Å². The number of anilines is 1. The average molecular weight is 677 g/mol. The van der Waals surface area contributed by atoms with Gasteiger partial charge < -0.3 is 14.8 Å². The van der Waals surface area contributed by atoms with Crippen LogP contribution < -0.4 is 10.1 Å². The van der Waals surface area contributed by atoms with Gasteiger partial charge in [0.2, 0.25) is 0 Å². The number of esters is 1. The summed E-state index contributed by atoms with van der Waals surface area (Å²) in [7, 11) is -3.49. The minimum atomic E-state index is -3.49. The quantitative estimate of drug-likeness (QED) is 0.123. The SMILES string of the molecule is CCOC(=O)COc1ccc(CCCS(=O)(=O)c2ccc(Cl)cc2)cc1NC(=O)c1cccc(CCc2nc3ccccc3s2)c1. The third-order valence-electron chi connectivity index (χ3n) is 7.15. The molecule has 0 radical (unpaired) electrons. The van der Waals surface area contributed by atoms with E-state index in [0.29, 0.717) is 34.9 Å². The molecular formula is C35H33ClN2O6S2. The van der Waals surface area contributed by atoms with Crippen molar-refractivity contribution in [3.63, 3.8) is 0 Å². The van der Waals surface area contributed by atoms with Crippen molar-refractivity contribution in [2.45, 2.75) is 37.5 Å². The molecule has 0 aliphatic carbocycles. The van der Waals surface area contributed by atoms with Crippen molar-refractivity contribution in [3.8, 4) is 5.75 Å². The summed E-state index contributed by atoms with van der Waals surface area (Å²) < 4.78 is 37.4. The first-order valence-corrected chi connectivity index (χ1v) is 17.7. The van der Waals surface area contributed by atoms with E-state index in [2.05, 4.69) is 11.4 Å². The van der Waals surface area contributed by atoms with Crippen LogP contribution in [0.2, 0.25) is 5.02 Å². The Hall–Kier alpha value is -4.25. The van der Waals surface area contributed by atoms with Gasteiger partial charge in [0.15, 0.2) is 16.4 Å². The molecule has 0 unspecified atom stereocenters. The molecule has 5 rings (SSSR count). The van der Waals surface area contributed by atoms with Gasteiger partial charge in [-0.15, -0.1) is 11.3 Å². The number of rotatable bonds is 14. The molecule has 0 aliphatic heterocycles.